The number of nitrogens with one attached hydrogen (secondary N) is 1. The van der Waals surface area contributed by atoms with Crippen LogP contribution in [0.1, 0.15) is 56.9 Å². The Morgan fingerprint density at radius 3 is 2.38 bits per heavy atom. The number of fused-ring (bicyclic) bond motifs is 3. The van der Waals surface area contributed by atoms with Crippen molar-refractivity contribution in [3.8, 4) is 17.1 Å². The molecule has 2 aromatic rings. The summed E-state index contributed by atoms with van der Waals surface area (Å²) in [4.78, 5) is 43.1. The van der Waals surface area contributed by atoms with Crippen LogP contribution >= 0.6 is 0 Å². The quantitative estimate of drug-likeness (QED) is 0.247. The second-order valence-corrected chi connectivity index (χ2v) is 14.3. The Balaban J connectivity index is 1.63. The average molecular weight is 625 g/mol. The van der Waals surface area contributed by atoms with Gasteiger partial charge < -0.3 is 45.7 Å². The summed E-state index contributed by atoms with van der Waals surface area (Å²) in [5, 5.41) is 50.2. The molecule has 2 saturated carbocycles. The molecule has 0 saturated heterocycles. The third-order valence-electron chi connectivity index (χ3n) is 9.46. The lowest BCUT2D eigenvalue weighted by molar-refractivity contribution is -0.189. The maximum atomic E-state index is 14.2. The van der Waals surface area contributed by atoms with E-state index in [-0.39, 0.29) is 35.3 Å². The highest BCUT2D eigenvalue weighted by atomic mass is 16.3. The molecule has 2 unspecified atom stereocenters. The van der Waals surface area contributed by atoms with Crippen LogP contribution in [-0.4, -0.2) is 93.8 Å². The van der Waals surface area contributed by atoms with Gasteiger partial charge >= 0.3 is 0 Å². The van der Waals surface area contributed by atoms with Crippen molar-refractivity contribution in [2.75, 3.05) is 33.1 Å². The molecule has 5 rings (SSSR count). The number of benzene rings is 1. The summed E-state index contributed by atoms with van der Waals surface area (Å²) in [6.45, 7) is 6.56. The molecule has 0 radical (unpaired) electrons. The van der Waals surface area contributed by atoms with Gasteiger partial charge in [-0.05, 0) is 77.4 Å². The van der Waals surface area contributed by atoms with Gasteiger partial charge in [0.15, 0.2) is 11.4 Å². The molecule has 7 N–H and O–H groups in total. The molecule has 5 atom stereocenters. The predicted octanol–water partition coefficient (Wildman–Crippen LogP) is 1.88. The molecular formula is C33H44N4O8. The Morgan fingerprint density at radius 1 is 1.13 bits per heavy atom. The van der Waals surface area contributed by atoms with Crippen LogP contribution in [-0.2, 0) is 27.3 Å². The summed E-state index contributed by atoms with van der Waals surface area (Å²) in [5.74, 6) is -4.25. The van der Waals surface area contributed by atoms with E-state index in [0.717, 1.165) is 0 Å². The maximum absolute atomic E-state index is 14.2. The number of amides is 1. The Labute approximate surface area is 262 Å². The number of rotatable bonds is 7. The third kappa shape index (κ3) is 5.33. The normalized spacial score (nSPS) is 28.2. The molecule has 1 aromatic carbocycles. The monoisotopic (exact) mass is 624 g/mol. The minimum Gasteiger partial charge on any atom is -0.507 e. The zero-order chi connectivity index (χ0) is 33.4. The van der Waals surface area contributed by atoms with Crippen molar-refractivity contribution in [2.24, 2.45) is 17.6 Å². The number of carbonyl (C=O) groups is 3. The smallest absolute Gasteiger partial charge is 0.220 e. The maximum Gasteiger partial charge on any atom is 0.220 e. The van der Waals surface area contributed by atoms with Gasteiger partial charge in [0.05, 0.1) is 29.7 Å². The summed E-state index contributed by atoms with van der Waals surface area (Å²) >= 11 is 0. The van der Waals surface area contributed by atoms with Gasteiger partial charge in [-0.3, -0.25) is 14.4 Å². The predicted molar refractivity (Wildman–Crippen MR) is 167 cm³/mol. The highest BCUT2D eigenvalue weighted by Gasteiger charge is 2.67. The van der Waals surface area contributed by atoms with Crippen molar-refractivity contribution in [1.82, 2.24) is 10.2 Å². The first-order chi connectivity index (χ1) is 20.8. The van der Waals surface area contributed by atoms with Crippen molar-refractivity contribution in [3.63, 3.8) is 0 Å². The number of aromatic hydroxyl groups is 1. The molecule has 45 heavy (non-hydrogen) atoms. The van der Waals surface area contributed by atoms with Gasteiger partial charge in [-0.25, -0.2) is 0 Å². The number of likely N-dealkylation sites (N-methyl/N-ethyl adjacent to an activating group) is 1. The lowest BCUT2D eigenvalue weighted by Gasteiger charge is -2.56. The lowest BCUT2D eigenvalue weighted by atomic mass is 9.53. The van der Waals surface area contributed by atoms with Crippen molar-refractivity contribution in [3.05, 3.63) is 40.7 Å². The van der Waals surface area contributed by atoms with Crippen LogP contribution in [0.25, 0.3) is 17.1 Å². The van der Waals surface area contributed by atoms with E-state index in [1.807, 2.05) is 39.8 Å². The second kappa shape index (κ2) is 11.0. The van der Waals surface area contributed by atoms with Gasteiger partial charge in [-0.2, -0.15) is 0 Å². The summed E-state index contributed by atoms with van der Waals surface area (Å²) in [5.41, 5.74) is 2.31. The number of aliphatic hydroxyl groups excluding tert-OH is 1. The van der Waals surface area contributed by atoms with Gasteiger partial charge in [-0.15, -0.1) is 0 Å². The van der Waals surface area contributed by atoms with E-state index in [0.29, 0.717) is 34.9 Å². The molecule has 0 aliphatic heterocycles. The summed E-state index contributed by atoms with van der Waals surface area (Å²) in [6, 6.07) is 4.33. The number of phenols is 1. The fraction of sp³-hybridized carbons (Fsp3) is 0.545. The van der Waals surface area contributed by atoms with Crippen LogP contribution in [0.15, 0.2) is 28.2 Å². The molecule has 1 aromatic heterocycles. The molecule has 12 heteroatoms. The minimum atomic E-state index is -2.55. The van der Waals surface area contributed by atoms with Gasteiger partial charge in [0.1, 0.15) is 23.0 Å². The zero-order valence-corrected chi connectivity index (χ0v) is 26.9. The van der Waals surface area contributed by atoms with E-state index in [2.05, 4.69) is 5.32 Å². The van der Waals surface area contributed by atoms with Crippen LogP contribution in [0.5, 0.6) is 5.75 Å². The molecule has 0 bridgehead atoms. The number of phenolic OH excluding ortho intramolecular Hbond substituents is 1. The third-order valence-corrected chi connectivity index (χ3v) is 9.46. The highest BCUT2D eigenvalue weighted by molar-refractivity contribution is 6.21. The SMILES string of the molecule is CN(C)c1cc(-c2ccc(CNC(C)(C)C)o2)c(O)c2c1C[C@H]1C[C@H]3C(N(C)C)C(O)(CC(N)=O)CC(=O)[C@@]3(O)C(=O)C1=C2O. The van der Waals surface area contributed by atoms with Crippen LogP contribution in [0.3, 0.4) is 0 Å². The first kappa shape index (κ1) is 32.7. The van der Waals surface area contributed by atoms with Gasteiger partial charge in [0.2, 0.25) is 11.7 Å². The molecule has 1 amide bonds. The van der Waals surface area contributed by atoms with Crippen LogP contribution < -0.4 is 16.0 Å². The van der Waals surface area contributed by atoms with E-state index in [9.17, 15) is 34.8 Å². The number of furan rings is 1. The summed E-state index contributed by atoms with van der Waals surface area (Å²) < 4.78 is 6.07. The molecule has 1 heterocycles. The number of carbonyl (C=O) groups excluding carboxylic acids is 3. The minimum absolute atomic E-state index is 0.0428. The molecule has 12 nitrogen and oxygen atoms in total. The lowest BCUT2D eigenvalue weighted by Crippen LogP contribution is -2.73. The number of Topliss-reactive ketones (excluding diaryl/α,β-unsaturated/α-hetero) is 2. The first-order valence-corrected chi connectivity index (χ1v) is 15.1. The molecule has 2 fully saturated rings. The second-order valence-electron chi connectivity index (χ2n) is 14.3. The largest absolute Gasteiger partial charge is 0.507 e. The molecule has 3 aliphatic rings. The summed E-state index contributed by atoms with van der Waals surface area (Å²) in [7, 11) is 6.92. The fourth-order valence-corrected chi connectivity index (χ4v) is 7.63. The number of hydrogen-bond donors (Lipinski definition) is 6. The average Bonchev–Trinajstić information content (AvgIpc) is 3.37. The van der Waals surface area contributed by atoms with Crippen molar-refractivity contribution < 1.29 is 39.2 Å². The van der Waals surface area contributed by atoms with E-state index in [1.54, 1.807) is 37.2 Å². The molecule has 3 aliphatic carbocycles. The Morgan fingerprint density at radius 2 is 1.80 bits per heavy atom. The molecule has 0 spiro atoms. The van der Waals surface area contributed by atoms with Crippen molar-refractivity contribution in [1.29, 1.82) is 0 Å². The first-order valence-electron chi connectivity index (χ1n) is 15.1. The Hall–Kier alpha value is -3.71. The summed E-state index contributed by atoms with van der Waals surface area (Å²) in [6.07, 6.45) is -0.936. The number of nitrogens with zero attached hydrogens (tertiary/aromatic N) is 2. The zero-order valence-electron chi connectivity index (χ0n) is 26.9. The topological polar surface area (TPSA) is 190 Å². The van der Waals surface area contributed by atoms with Crippen LogP contribution in [0.4, 0.5) is 5.69 Å². The molecule has 244 valence electrons. The fourth-order valence-electron chi connectivity index (χ4n) is 7.63. The Bertz CT molecular complexity index is 1600. The van der Waals surface area contributed by atoms with Crippen molar-refractivity contribution >= 4 is 28.9 Å². The van der Waals surface area contributed by atoms with Gasteiger partial charge in [0.25, 0.3) is 0 Å². The van der Waals surface area contributed by atoms with E-state index in [4.69, 9.17) is 10.2 Å². The number of ketones is 2. The van der Waals surface area contributed by atoms with E-state index in [1.165, 1.54) is 0 Å². The highest BCUT2D eigenvalue weighted by Crippen LogP contribution is 2.55. The Kier molecular flexibility index (Phi) is 7.97. The van der Waals surface area contributed by atoms with Gasteiger partial charge in [-0.1, -0.05) is 0 Å². The van der Waals surface area contributed by atoms with Crippen LogP contribution in [0, 0.1) is 11.8 Å². The van der Waals surface area contributed by atoms with Crippen molar-refractivity contribution in [2.45, 2.75) is 75.8 Å². The molecular weight excluding hydrogens is 580 g/mol. The van der Waals surface area contributed by atoms with E-state index < -0.39 is 65.2 Å². The van der Waals surface area contributed by atoms with Crippen LogP contribution in [0.2, 0.25) is 0 Å². The number of nitrogens with two attached hydrogens (primary N) is 1. The standard InChI is InChI=1S/C33H44N4O8/c1-31(2,3)35-15-17-8-9-22(45-17)19-12-21(36(4)5)18-10-16-11-20-29(37(6)7)32(43,14-24(34)39)13-23(38)33(20,44)30(42)25(16)28(41)26(18)27(19)40/h8-9,12,16,20,29,35,40-41,43-44H,10-11,13-15H2,1-7H3,(H2,34,39)/t16-,20-,29?,32?,33+/m0/s1. The number of primary amides is 1. The van der Waals surface area contributed by atoms with E-state index >= 15 is 0 Å². The number of hydrogen-bond acceptors (Lipinski definition) is 11. The number of anilines is 1. The van der Waals surface area contributed by atoms with Gasteiger partial charge in [0, 0.05) is 49.3 Å². The number of aliphatic hydroxyl groups is 3.